The fraction of sp³-hybridized carbons (Fsp3) is 0.611. The first-order valence-corrected chi connectivity index (χ1v) is 10.8. The van der Waals surface area contributed by atoms with Crippen LogP contribution in [0.4, 0.5) is 0 Å². The average molecular weight is 370 g/mol. The zero-order valence-electron chi connectivity index (χ0n) is 14.9. The van der Waals surface area contributed by atoms with Gasteiger partial charge in [-0.2, -0.15) is 16.1 Å². The topological polar surface area (TPSA) is 54.5 Å². The largest absolute Gasteiger partial charge is 0.298 e. The third-order valence-corrected chi connectivity index (χ3v) is 7.79. The molecule has 0 saturated carbocycles. The smallest absolute Gasteiger partial charge is 0.243 e. The van der Waals surface area contributed by atoms with Gasteiger partial charge in [-0.05, 0) is 58.4 Å². The van der Waals surface area contributed by atoms with Crippen molar-refractivity contribution in [3.63, 3.8) is 0 Å². The maximum atomic E-state index is 13.2. The quantitative estimate of drug-likeness (QED) is 0.816. The SMILES string of the molecule is CC(=O)C1N(S(=O)(=O)c2ccc(C)cc2)CCCCCSC1(C)C. The van der Waals surface area contributed by atoms with Gasteiger partial charge in [0.25, 0.3) is 0 Å². The lowest BCUT2D eigenvalue weighted by Crippen LogP contribution is -2.54. The van der Waals surface area contributed by atoms with Crippen molar-refractivity contribution in [3.8, 4) is 0 Å². The van der Waals surface area contributed by atoms with Gasteiger partial charge in [0.05, 0.1) is 10.9 Å². The van der Waals surface area contributed by atoms with Gasteiger partial charge in [0.15, 0.2) is 0 Å². The Balaban J connectivity index is 2.51. The van der Waals surface area contributed by atoms with Crippen LogP contribution in [-0.4, -0.2) is 41.6 Å². The lowest BCUT2D eigenvalue weighted by molar-refractivity contribution is -0.121. The maximum absolute atomic E-state index is 13.2. The number of ketones is 1. The molecular weight excluding hydrogens is 342 g/mol. The van der Waals surface area contributed by atoms with Crippen molar-refractivity contribution >= 4 is 27.6 Å². The van der Waals surface area contributed by atoms with Crippen molar-refractivity contribution in [2.45, 2.75) is 62.6 Å². The predicted molar refractivity (Wildman–Crippen MR) is 99.9 cm³/mol. The molecule has 1 atom stereocenters. The summed E-state index contributed by atoms with van der Waals surface area (Å²) in [5.74, 6) is 0.861. The molecule has 1 unspecified atom stereocenters. The van der Waals surface area contributed by atoms with Crippen LogP contribution < -0.4 is 0 Å². The molecule has 1 aromatic rings. The number of hydrogen-bond acceptors (Lipinski definition) is 4. The molecule has 134 valence electrons. The molecule has 4 nitrogen and oxygen atoms in total. The van der Waals surface area contributed by atoms with Crippen LogP contribution >= 0.6 is 11.8 Å². The summed E-state index contributed by atoms with van der Waals surface area (Å²) in [6.07, 6.45) is 2.82. The molecule has 0 amide bonds. The van der Waals surface area contributed by atoms with Crippen LogP contribution in [0.15, 0.2) is 29.2 Å². The Morgan fingerprint density at radius 1 is 1.17 bits per heavy atom. The molecule has 0 aliphatic carbocycles. The molecule has 1 aliphatic heterocycles. The predicted octanol–water partition coefficient (Wildman–Crippen LogP) is 3.64. The minimum Gasteiger partial charge on any atom is -0.298 e. The van der Waals surface area contributed by atoms with E-state index in [0.717, 1.165) is 30.6 Å². The minimum absolute atomic E-state index is 0.0925. The van der Waals surface area contributed by atoms with Crippen LogP contribution in [0.3, 0.4) is 0 Å². The first-order chi connectivity index (χ1) is 11.2. The highest BCUT2D eigenvalue weighted by atomic mass is 32.2. The van der Waals surface area contributed by atoms with Crippen LogP contribution in [-0.2, 0) is 14.8 Å². The molecule has 6 heteroatoms. The number of carbonyl (C=O) groups is 1. The van der Waals surface area contributed by atoms with E-state index >= 15 is 0 Å². The zero-order valence-corrected chi connectivity index (χ0v) is 16.5. The number of hydrogen-bond donors (Lipinski definition) is 0. The molecule has 2 rings (SSSR count). The van der Waals surface area contributed by atoms with Crippen LogP contribution in [0, 0.1) is 6.92 Å². The van der Waals surface area contributed by atoms with E-state index in [1.807, 2.05) is 20.8 Å². The standard InChI is InChI=1S/C18H27NO3S2/c1-14-8-10-16(11-9-14)24(21,22)19-12-6-5-7-13-23-18(3,4)17(19)15(2)20/h8-11,17H,5-7,12-13H2,1-4H3. The summed E-state index contributed by atoms with van der Waals surface area (Å²) in [5.41, 5.74) is 1.01. The maximum Gasteiger partial charge on any atom is 0.243 e. The second-order valence-electron chi connectivity index (χ2n) is 6.95. The Morgan fingerprint density at radius 2 is 1.79 bits per heavy atom. The summed E-state index contributed by atoms with van der Waals surface area (Å²) in [6, 6.07) is 6.22. The number of sulfonamides is 1. The van der Waals surface area contributed by atoms with E-state index in [4.69, 9.17) is 0 Å². The highest BCUT2D eigenvalue weighted by Crippen LogP contribution is 2.36. The van der Waals surface area contributed by atoms with Crippen LogP contribution in [0.1, 0.15) is 45.6 Å². The molecular formula is C18H27NO3S2. The fourth-order valence-corrected chi connectivity index (χ4v) is 6.44. The normalized spacial score (nSPS) is 23.1. The van der Waals surface area contributed by atoms with E-state index in [9.17, 15) is 13.2 Å². The van der Waals surface area contributed by atoms with Gasteiger partial charge in [-0.3, -0.25) is 4.79 Å². The summed E-state index contributed by atoms with van der Waals surface area (Å²) in [7, 11) is -3.70. The van der Waals surface area contributed by atoms with E-state index in [2.05, 4.69) is 0 Å². The minimum atomic E-state index is -3.70. The molecule has 24 heavy (non-hydrogen) atoms. The van der Waals surface area contributed by atoms with Crippen LogP contribution in [0.25, 0.3) is 0 Å². The molecule has 0 N–H and O–H groups in total. The second kappa shape index (κ2) is 7.58. The third kappa shape index (κ3) is 4.21. The highest BCUT2D eigenvalue weighted by Gasteiger charge is 2.43. The second-order valence-corrected chi connectivity index (χ2v) is 10.6. The van der Waals surface area contributed by atoms with Crippen LogP contribution in [0.2, 0.25) is 0 Å². The Bertz CT molecular complexity index is 681. The van der Waals surface area contributed by atoms with E-state index in [0.29, 0.717) is 6.54 Å². The third-order valence-electron chi connectivity index (χ3n) is 4.46. The van der Waals surface area contributed by atoms with E-state index in [1.165, 1.54) is 11.2 Å². The van der Waals surface area contributed by atoms with Gasteiger partial charge in [-0.1, -0.05) is 24.1 Å². The van der Waals surface area contributed by atoms with E-state index in [1.54, 1.807) is 36.0 Å². The molecule has 0 radical (unpaired) electrons. The van der Waals surface area contributed by atoms with Crippen molar-refractivity contribution < 1.29 is 13.2 Å². The number of thioether (sulfide) groups is 1. The van der Waals surface area contributed by atoms with Crippen LogP contribution in [0.5, 0.6) is 0 Å². The summed E-state index contributed by atoms with van der Waals surface area (Å²) in [4.78, 5) is 12.7. The summed E-state index contributed by atoms with van der Waals surface area (Å²) in [5, 5.41) is 0. The van der Waals surface area contributed by atoms with Gasteiger partial charge in [-0.15, -0.1) is 0 Å². The average Bonchev–Trinajstić information content (AvgIpc) is 2.56. The van der Waals surface area contributed by atoms with Crippen molar-refractivity contribution in [3.05, 3.63) is 29.8 Å². The Morgan fingerprint density at radius 3 is 2.38 bits per heavy atom. The van der Waals surface area contributed by atoms with Gasteiger partial charge in [-0.25, -0.2) is 8.42 Å². The molecule has 1 aliphatic rings. The van der Waals surface area contributed by atoms with Gasteiger partial charge >= 0.3 is 0 Å². The summed E-state index contributed by atoms with van der Waals surface area (Å²) in [6.45, 7) is 7.78. The first kappa shape index (κ1) is 19.5. The van der Waals surface area contributed by atoms with Crippen molar-refractivity contribution in [2.75, 3.05) is 12.3 Å². The van der Waals surface area contributed by atoms with Gasteiger partial charge in [0.1, 0.15) is 5.78 Å². The summed E-state index contributed by atoms with van der Waals surface area (Å²) < 4.78 is 27.5. The first-order valence-electron chi connectivity index (χ1n) is 8.39. The van der Waals surface area contributed by atoms with Gasteiger partial charge < -0.3 is 0 Å². The molecule has 1 heterocycles. The van der Waals surface area contributed by atoms with Crippen molar-refractivity contribution in [2.24, 2.45) is 0 Å². The number of carbonyl (C=O) groups excluding carboxylic acids is 1. The summed E-state index contributed by atoms with van der Waals surface area (Å²) >= 11 is 1.69. The van der Waals surface area contributed by atoms with E-state index < -0.39 is 20.8 Å². The number of rotatable bonds is 3. The molecule has 1 aromatic carbocycles. The van der Waals surface area contributed by atoms with Gasteiger partial charge in [0, 0.05) is 11.3 Å². The fourth-order valence-electron chi connectivity index (χ4n) is 3.23. The van der Waals surface area contributed by atoms with Gasteiger partial charge in [0.2, 0.25) is 10.0 Å². The number of Topliss-reactive ketones (excluding diaryl/α,β-unsaturated/α-hetero) is 1. The lowest BCUT2D eigenvalue weighted by atomic mass is 9.99. The Hall–Kier alpha value is -0.850. The molecule has 0 bridgehead atoms. The molecule has 1 saturated heterocycles. The number of benzene rings is 1. The van der Waals surface area contributed by atoms with E-state index in [-0.39, 0.29) is 10.7 Å². The monoisotopic (exact) mass is 369 g/mol. The molecule has 0 aromatic heterocycles. The zero-order chi connectivity index (χ0) is 18.0. The van der Waals surface area contributed by atoms with Crippen molar-refractivity contribution in [1.29, 1.82) is 0 Å². The Labute approximate surface area is 150 Å². The lowest BCUT2D eigenvalue weighted by Gasteiger charge is -2.39. The van der Waals surface area contributed by atoms with Crippen molar-refractivity contribution in [1.82, 2.24) is 4.31 Å². The number of aryl methyl sites for hydroxylation is 1. The molecule has 0 spiro atoms. The highest BCUT2D eigenvalue weighted by molar-refractivity contribution is 8.00. The molecule has 1 fully saturated rings. The number of nitrogens with zero attached hydrogens (tertiary/aromatic N) is 1. The Kier molecular flexibility index (Phi) is 6.15.